The summed E-state index contributed by atoms with van der Waals surface area (Å²) in [5.41, 5.74) is 0.978. The number of methoxy groups -OCH3 is 2. The number of nitrogens with zero attached hydrogens (tertiary/aromatic N) is 4. The summed E-state index contributed by atoms with van der Waals surface area (Å²) in [6.45, 7) is 3.88. The van der Waals surface area contributed by atoms with E-state index in [9.17, 15) is 16.8 Å². The van der Waals surface area contributed by atoms with Crippen molar-refractivity contribution in [1.29, 1.82) is 0 Å². The van der Waals surface area contributed by atoms with Gasteiger partial charge in [-0.25, -0.2) is 16.8 Å². The number of sulfonamides is 2. The minimum absolute atomic E-state index is 0.0195. The zero-order valence-corrected chi connectivity index (χ0v) is 20.0. The van der Waals surface area contributed by atoms with E-state index in [1.165, 1.54) is 39.6 Å². The molecule has 1 aromatic carbocycles. The molecule has 0 aliphatic carbocycles. The molecule has 10 nitrogen and oxygen atoms in total. The predicted molar refractivity (Wildman–Crippen MR) is 114 cm³/mol. The first kappa shape index (κ1) is 23.5. The van der Waals surface area contributed by atoms with Crippen molar-refractivity contribution in [2.24, 2.45) is 7.05 Å². The molecule has 1 saturated heterocycles. The summed E-state index contributed by atoms with van der Waals surface area (Å²) in [5, 5.41) is 4.20. The van der Waals surface area contributed by atoms with Gasteiger partial charge < -0.3 is 9.47 Å². The molecule has 1 aliphatic rings. The molecule has 3 rings (SSSR count). The fourth-order valence-electron chi connectivity index (χ4n) is 3.73. The highest BCUT2D eigenvalue weighted by molar-refractivity contribution is 7.89. The molecule has 0 atom stereocenters. The van der Waals surface area contributed by atoms with Gasteiger partial charge in [0.1, 0.15) is 21.3 Å². The first-order valence-electron chi connectivity index (χ1n) is 9.76. The summed E-state index contributed by atoms with van der Waals surface area (Å²) in [4.78, 5) is 0.203. The van der Waals surface area contributed by atoms with E-state index < -0.39 is 20.0 Å². The molecule has 2 heterocycles. The molecule has 0 unspecified atom stereocenters. The Labute approximate surface area is 183 Å². The Morgan fingerprint density at radius 2 is 1.52 bits per heavy atom. The summed E-state index contributed by atoms with van der Waals surface area (Å²) >= 11 is 0. The minimum Gasteiger partial charge on any atom is -0.497 e. The van der Waals surface area contributed by atoms with Crippen LogP contribution in [0.15, 0.2) is 28.0 Å². The fourth-order valence-corrected chi connectivity index (χ4v) is 7.21. The molecule has 0 radical (unpaired) electrons. The topological polar surface area (TPSA) is 111 Å². The van der Waals surface area contributed by atoms with Crippen molar-refractivity contribution in [1.82, 2.24) is 18.4 Å². The molecule has 172 valence electrons. The smallest absolute Gasteiger partial charge is 0.246 e. The van der Waals surface area contributed by atoms with Crippen LogP contribution in [0.25, 0.3) is 0 Å². The van der Waals surface area contributed by atoms with Gasteiger partial charge in [-0.1, -0.05) is 0 Å². The third-order valence-corrected chi connectivity index (χ3v) is 9.53. The first-order chi connectivity index (χ1) is 14.5. The molecule has 0 amide bonds. The van der Waals surface area contributed by atoms with Gasteiger partial charge in [0.25, 0.3) is 0 Å². The van der Waals surface area contributed by atoms with Crippen LogP contribution in [0.2, 0.25) is 0 Å². The van der Waals surface area contributed by atoms with Crippen LogP contribution in [-0.4, -0.2) is 75.6 Å². The molecule has 12 heteroatoms. The van der Waals surface area contributed by atoms with Crippen LogP contribution in [-0.2, 0) is 27.1 Å². The van der Waals surface area contributed by atoms with Crippen molar-refractivity contribution in [3.05, 3.63) is 29.6 Å². The zero-order valence-electron chi connectivity index (χ0n) is 18.3. The predicted octanol–water partition coefficient (Wildman–Crippen LogP) is 1.14. The van der Waals surface area contributed by atoms with Crippen molar-refractivity contribution >= 4 is 20.0 Å². The number of aromatic nitrogens is 2. The minimum atomic E-state index is -3.88. The third-order valence-electron chi connectivity index (χ3n) is 5.44. The summed E-state index contributed by atoms with van der Waals surface area (Å²) < 4.78 is 67.7. The zero-order chi connectivity index (χ0) is 23.0. The number of benzene rings is 1. The van der Waals surface area contributed by atoms with E-state index >= 15 is 0 Å². The van der Waals surface area contributed by atoms with Crippen LogP contribution < -0.4 is 9.47 Å². The Morgan fingerprint density at radius 3 is 2.03 bits per heavy atom. The van der Waals surface area contributed by atoms with E-state index in [1.54, 1.807) is 27.0 Å². The second kappa shape index (κ2) is 8.77. The Morgan fingerprint density at radius 1 is 0.903 bits per heavy atom. The highest BCUT2D eigenvalue weighted by atomic mass is 32.2. The number of rotatable bonds is 6. The molecule has 2 aromatic rings. The second-order valence-corrected chi connectivity index (χ2v) is 11.1. The standard InChI is InChI=1S/C19H28N4O6S2/c1-14-19(15(2)21(3)20-14)31(26,27)23-10-6-9-22(11-12-23)30(24,25)18-8-7-16(28-4)13-17(18)29-5/h7-8,13H,6,9-12H2,1-5H3. The lowest BCUT2D eigenvalue weighted by molar-refractivity contribution is 0.379. The number of ether oxygens (including phenoxy) is 2. The molecule has 1 aromatic heterocycles. The van der Waals surface area contributed by atoms with Crippen molar-refractivity contribution in [3.63, 3.8) is 0 Å². The van der Waals surface area contributed by atoms with Gasteiger partial charge in [-0.15, -0.1) is 0 Å². The van der Waals surface area contributed by atoms with Gasteiger partial charge in [-0.3, -0.25) is 4.68 Å². The molecule has 0 saturated carbocycles. The maximum atomic E-state index is 13.3. The van der Waals surface area contributed by atoms with Gasteiger partial charge in [0.2, 0.25) is 20.0 Å². The van der Waals surface area contributed by atoms with Crippen LogP contribution in [0.5, 0.6) is 11.5 Å². The first-order valence-corrected chi connectivity index (χ1v) is 12.6. The molecule has 1 fully saturated rings. The van der Waals surface area contributed by atoms with E-state index in [2.05, 4.69) is 5.10 Å². The van der Waals surface area contributed by atoms with E-state index in [0.717, 1.165) is 0 Å². The number of aryl methyl sites for hydroxylation is 2. The number of hydrogen-bond acceptors (Lipinski definition) is 7. The quantitative estimate of drug-likeness (QED) is 0.620. The largest absolute Gasteiger partial charge is 0.497 e. The highest BCUT2D eigenvalue weighted by Crippen LogP contribution is 2.31. The van der Waals surface area contributed by atoms with Gasteiger partial charge in [0, 0.05) is 39.3 Å². The van der Waals surface area contributed by atoms with Crippen molar-refractivity contribution in [2.45, 2.75) is 30.1 Å². The fraction of sp³-hybridized carbons (Fsp3) is 0.526. The molecular formula is C19H28N4O6S2. The Kier molecular flexibility index (Phi) is 6.65. The van der Waals surface area contributed by atoms with Gasteiger partial charge >= 0.3 is 0 Å². The van der Waals surface area contributed by atoms with E-state index in [4.69, 9.17) is 9.47 Å². The normalized spacial score (nSPS) is 16.8. The van der Waals surface area contributed by atoms with Crippen LogP contribution in [0, 0.1) is 13.8 Å². The van der Waals surface area contributed by atoms with E-state index in [0.29, 0.717) is 23.6 Å². The SMILES string of the molecule is COc1ccc(S(=O)(=O)N2CCCN(S(=O)(=O)c3c(C)nn(C)c3C)CC2)c(OC)c1. The van der Waals surface area contributed by atoms with E-state index in [-0.39, 0.29) is 41.7 Å². The Balaban J connectivity index is 1.87. The Bertz CT molecular complexity index is 1170. The summed E-state index contributed by atoms with van der Waals surface area (Å²) in [5.74, 6) is 0.654. The second-order valence-electron chi connectivity index (χ2n) is 7.30. The summed E-state index contributed by atoms with van der Waals surface area (Å²) in [6, 6.07) is 4.50. The van der Waals surface area contributed by atoms with Crippen molar-refractivity contribution < 1.29 is 26.3 Å². The van der Waals surface area contributed by atoms with Crippen molar-refractivity contribution in [3.8, 4) is 11.5 Å². The van der Waals surface area contributed by atoms with Gasteiger partial charge in [-0.2, -0.15) is 13.7 Å². The monoisotopic (exact) mass is 472 g/mol. The van der Waals surface area contributed by atoms with Crippen molar-refractivity contribution in [2.75, 3.05) is 40.4 Å². The van der Waals surface area contributed by atoms with Crippen LogP contribution in [0.3, 0.4) is 0 Å². The molecule has 1 aliphatic heterocycles. The maximum Gasteiger partial charge on any atom is 0.246 e. The van der Waals surface area contributed by atoms with Gasteiger partial charge in [-0.05, 0) is 32.4 Å². The maximum absolute atomic E-state index is 13.3. The van der Waals surface area contributed by atoms with Gasteiger partial charge in [0.05, 0.1) is 25.6 Å². The third kappa shape index (κ3) is 4.29. The van der Waals surface area contributed by atoms with Crippen LogP contribution in [0.4, 0.5) is 0 Å². The van der Waals surface area contributed by atoms with Crippen LogP contribution in [0.1, 0.15) is 17.8 Å². The lowest BCUT2D eigenvalue weighted by atomic mass is 10.3. The molecule has 0 spiro atoms. The summed E-state index contributed by atoms with van der Waals surface area (Å²) in [6.07, 6.45) is 0.370. The number of hydrogen-bond donors (Lipinski definition) is 0. The lowest BCUT2D eigenvalue weighted by Crippen LogP contribution is -2.37. The summed E-state index contributed by atoms with van der Waals surface area (Å²) in [7, 11) is -3.11. The molecule has 31 heavy (non-hydrogen) atoms. The molecular weight excluding hydrogens is 444 g/mol. The average molecular weight is 473 g/mol. The van der Waals surface area contributed by atoms with Crippen LogP contribution >= 0.6 is 0 Å². The Hall–Kier alpha value is -2.15. The lowest BCUT2D eigenvalue weighted by Gasteiger charge is -2.22. The highest BCUT2D eigenvalue weighted by Gasteiger charge is 2.35. The molecule has 0 N–H and O–H groups in total. The average Bonchev–Trinajstić information content (AvgIpc) is 2.91. The molecule has 0 bridgehead atoms. The van der Waals surface area contributed by atoms with Gasteiger partial charge in [0.15, 0.2) is 0 Å². The van der Waals surface area contributed by atoms with E-state index in [1.807, 2.05) is 0 Å².